The zero-order valence-electron chi connectivity index (χ0n) is 11.8. The standard InChI is InChI=1S/C15H23N3O/c1-12(2)17-6-8-18(9-7-17)15(19)11-13-4-3-5-14(16)10-13/h3-5,10,12H,6-9,11,16H2,1-2H3. The molecule has 0 bridgehead atoms. The van der Waals surface area contributed by atoms with E-state index in [2.05, 4.69) is 18.7 Å². The van der Waals surface area contributed by atoms with Gasteiger partial charge in [0.05, 0.1) is 6.42 Å². The van der Waals surface area contributed by atoms with Gasteiger partial charge in [0.2, 0.25) is 5.91 Å². The Labute approximate surface area is 115 Å². The van der Waals surface area contributed by atoms with Crippen molar-refractivity contribution < 1.29 is 4.79 Å². The Hall–Kier alpha value is -1.55. The molecule has 0 saturated carbocycles. The van der Waals surface area contributed by atoms with Crippen LogP contribution in [0.25, 0.3) is 0 Å². The number of hydrogen-bond donors (Lipinski definition) is 1. The SMILES string of the molecule is CC(C)N1CCN(C(=O)Cc2cccc(N)c2)CC1. The zero-order chi connectivity index (χ0) is 13.8. The fourth-order valence-electron chi connectivity index (χ4n) is 2.48. The third-order valence-electron chi connectivity index (χ3n) is 3.70. The average molecular weight is 261 g/mol. The predicted octanol–water partition coefficient (Wildman–Crippen LogP) is 1.36. The van der Waals surface area contributed by atoms with Crippen molar-refractivity contribution >= 4 is 11.6 Å². The van der Waals surface area contributed by atoms with Crippen LogP contribution in [0.1, 0.15) is 19.4 Å². The molecule has 1 aliphatic rings. The molecule has 0 spiro atoms. The van der Waals surface area contributed by atoms with Crippen molar-refractivity contribution in [2.75, 3.05) is 31.9 Å². The van der Waals surface area contributed by atoms with Crippen LogP contribution in [0.15, 0.2) is 24.3 Å². The van der Waals surface area contributed by atoms with Gasteiger partial charge in [0.1, 0.15) is 0 Å². The molecule has 0 unspecified atom stereocenters. The van der Waals surface area contributed by atoms with Gasteiger partial charge in [-0.1, -0.05) is 12.1 Å². The molecular weight excluding hydrogens is 238 g/mol. The van der Waals surface area contributed by atoms with Gasteiger partial charge in [0.15, 0.2) is 0 Å². The van der Waals surface area contributed by atoms with E-state index in [0.717, 1.165) is 37.4 Å². The molecule has 0 aliphatic carbocycles. The van der Waals surface area contributed by atoms with Crippen molar-refractivity contribution in [1.82, 2.24) is 9.80 Å². The van der Waals surface area contributed by atoms with Crippen LogP contribution in [-0.2, 0) is 11.2 Å². The number of nitrogen functional groups attached to an aromatic ring is 1. The van der Waals surface area contributed by atoms with Crippen LogP contribution in [0.3, 0.4) is 0 Å². The van der Waals surface area contributed by atoms with Gasteiger partial charge in [-0.15, -0.1) is 0 Å². The number of carbonyl (C=O) groups excluding carboxylic acids is 1. The van der Waals surface area contributed by atoms with Gasteiger partial charge in [-0.05, 0) is 31.5 Å². The van der Waals surface area contributed by atoms with Crippen molar-refractivity contribution in [2.24, 2.45) is 0 Å². The number of piperazine rings is 1. The number of benzene rings is 1. The Bertz CT molecular complexity index is 437. The first kappa shape index (κ1) is 13.9. The number of nitrogens with zero attached hydrogens (tertiary/aromatic N) is 2. The number of rotatable bonds is 3. The van der Waals surface area contributed by atoms with E-state index < -0.39 is 0 Å². The largest absolute Gasteiger partial charge is 0.399 e. The molecule has 1 heterocycles. The van der Waals surface area contributed by atoms with Gasteiger partial charge in [-0.25, -0.2) is 0 Å². The molecule has 1 fully saturated rings. The second kappa shape index (κ2) is 6.06. The van der Waals surface area contributed by atoms with Crippen molar-refractivity contribution in [3.05, 3.63) is 29.8 Å². The summed E-state index contributed by atoms with van der Waals surface area (Å²) in [4.78, 5) is 16.6. The second-order valence-corrected chi connectivity index (χ2v) is 5.43. The number of nitrogens with two attached hydrogens (primary N) is 1. The highest BCUT2D eigenvalue weighted by atomic mass is 16.2. The Morgan fingerprint density at radius 2 is 1.95 bits per heavy atom. The first-order valence-corrected chi connectivity index (χ1v) is 6.92. The minimum absolute atomic E-state index is 0.203. The summed E-state index contributed by atoms with van der Waals surface area (Å²) in [6.07, 6.45) is 0.451. The smallest absolute Gasteiger partial charge is 0.227 e. The molecular formula is C15H23N3O. The topological polar surface area (TPSA) is 49.6 Å². The van der Waals surface area contributed by atoms with Crippen LogP contribution in [0, 0.1) is 0 Å². The van der Waals surface area contributed by atoms with Gasteiger partial charge in [0, 0.05) is 37.9 Å². The van der Waals surface area contributed by atoms with Crippen molar-refractivity contribution in [3.8, 4) is 0 Å². The maximum Gasteiger partial charge on any atom is 0.227 e. The summed E-state index contributed by atoms with van der Waals surface area (Å²) in [5, 5.41) is 0. The van der Waals surface area contributed by atoms with Gasteiger partial charge >= 0.3 is 0 Å². The monoisotopic (exact) mass is 261 g/mol. The molecule has 0 atom stereocenters. The molecule has 2 rings (SSSR count). The lowest BCUT2D eigenvalue weighted by Gasteiger charge is -2.37. The van der Waals surface area contributed by atoms with Crippen LogP contribution in [-0.4, -0.2) is 47.9 Å². The lowest BCUT2D eigenvalue weighted by Crippen LogP contribution is -2.51. The van der Waals surface area contributed by atoms with Crippen LogP contribution in [0.4, 0.5) is 5.69 Å². The molecule has 19 heavy (non-hydrogen) atoms. The second-order valence-electron chi connectivity index (χ2n) is 5.43. The molecule has 1 amide bonds. The highest BCUT2D eigenvalue weighted by Gasteiger charge is 2.22. The molecule has 1 aromatic rings. The van der Waals surface area contributed by atoms with Crippen LogP contribution >= 0.6 is 0 Å². The average Bonchev–Trinajstić information content (AvgIpc) is 2.39. The number of amides is 1. The van der Waals surface area contributed by atoms with E-state index in [9.17, 15) is 4.79 Å². The lowest BCUT2D eigenvalue weighted by molar-refractivity contribution is -0.132. The lowest BCUT2D eigenvalue weighted by atomic mass is 10.1. The summed E-state index contributed by atoms with van der Waals surface area (Å²) in [5.41, 5.74) is 7.45. The highest BCUT2D eigenvalue weighted by Crippen LogP contribution is 2.11. The summed E-state index contributed by atoms with van der Waals surface area (Å²) < 4.78 is 0. The maximum atomic E-state index is 12.2. The minimum Gasteiger partial charge on any atom is -0.399 e. The third-order valence-corrected chi connectivity index (χ3v) is 3.70. The van der Waals surface area contributed by atoms with Gasteiger partial charge in [0.25, 0.3) is 0 Å². The minimum atomic E-state index is 0.203. The van der Waals surface area contributed by atoms with E-state index in [0.29, 0.717) is 12.5 Å². The van der Waals surface area contributed by atoms with Gasteiger partial charge in [-0.3, -0.25) is 9.69 Å². The Balaban J connectivity index is 1.88. The summed E-state index contributed by atoms with van der Waals surface area (Å²) >= 11 is 0. The fraction of sp³-hybridized carbons (Fsp3) is 0.533. The maximum absolute atomic E-state index is 12.2. The van der Waals surface area contributed by atoms with Crippen LogP contribution in [0.5, 0.6) is 0 Å². The zero-order valence-corrected chi connectivity index (χ0v) is 11.8. The van der Waals surface area contributed by atoms with Gasteiger partial charge in [-0.2, -0.15) is 0 Å². The molecule has 0 radical (unpaired) electrons. The molecule has 104 valence electrons. The first-order chi connectivity index (χ1) is 9.06. The third kappa shape index (κ3) is 3.70. The molecule has 4 nitrogen and oxygen atoms in total. The van der Waals surface area contributed by atoms with E-state index in [-0.39, 0.29) is 5.91 Å². The van der Waals surface area contributed by atoms with Crippen molar-refractivity contribution in [2.45, 2.75) is 26.3 Å². The summed E-state index contributed by atoms with van der Waals surface area (Å²) in [7, 11) is 0. The Kier molecular flexibility index (Phi) is 4.43. The summed E-state index contributed by atoms with van der Waals surface area (Å²) in [6.45, 7) is 8.01. The fourth-order valence-corrected chi connectivity index (χ4v) is 2.48. The van der Waals surface area contributed by atoms with E-state index in [4.69, 9.17) is 5.73 Å². The summed E-state index contributed by atoms with van der Waals surface area (Å²) in [5.74, 6) is 0.203. The highest BCUT2D eigenvalue weighted by molar-refractivity contribution is 5.79. The molecule has 1 saturated heterocycles. The van der Waals surface area contributed by atoms with Crippen LogP contribution < -0.4 is 5.73 Å². The molecule has 0 aromatic heterocycles. The van der Waals surface area contributed by atoms with Crippen LogP contribution in [0.2, 0.25) is 0 Å². The normalized spacial score (nSPS) is 16.9. The Morgan fingerprint density at radius 3 is 2.53 bits per heavy atom. The number of carbonyl (C=O) groups is 1. The van der Waals surface area contributed by atoms with E-state index in [1.165, 1.54) is 0 Å². The van der Waals surface area contributed by atoms with Crippen molar-refractivity contribution in [3.63, 3.8) is 0 Å². The Morgan fingerprint density at radius 1 is 1.26 bits per heavy atom. The number of anilines is 1. The molecule has 2 N–H and O–H groups in total. The molecule has 1 aliphatic heterocycles. The van der Waals surface area contributed by atoms with Gasteiger partial charge < -0.3 is 10.6 Å². The van der Waals surface area contributed by atoms with Crippen molar-refractivity contribution in [1.29, 1.82) is 0 Å². The number of hydrogen-bond acceptors (Lipinski definition) is 3. The predicted molar refractivity (Wildman–Crippen MR) is 77.8 cm³/mol. The summed E-state index contributed by atoms with van der Waals surface area (Å²) in [6, 6.07) is 8.14. The van der Waals surface area contributed by atoms with E-state index >= 15 is 0 Å². The molecule has 1 aromatic carbocycles. The van der Waals surface area contributed by atoms with E-state index in [1.54, 1.807) is 0 Å². The first-order valence-electron chi connectivity index (χ1n) is 6.92. The molecule has 4 heteroatoms. The quantitative estimate of drug-likeness (QED) is 0.836. The van der Waals surface area contributed by atoms with E-state index in [1.807, 2.05) is 29.2 Å².